The molecule has 0 spiro atoms. The average molecular weight is 1770 g/mol. The second-order valence-corrected chi connectivity index (χ2v) is 30.1. The van der Waals surface area contributed by atoms with E-state index in [-0.39, 0.29) is 116 Å². The van der Waals surface area contributed by atoms with Crippen molar-refractivity contribution in [3.63, 3.8) is 0 Å². The van der Waals surface area contributed by atoms with Crippen LogP contribution in [0.1, 0.15) is 136 Å². The van der Waals surface area contributed by atoms with Gasteiger partial charge in [0.1, 0.15) is 17.1 Å². The Labute approximate surface area is 754 Å². The molecule has 0 bridgehead atoms. The van der Waals surface area contributed by atoms with Crippen molar-refractivity contribution in [3.05, 3.63) is 266 Å². The van der Waals surface area contributed by atoms with E-state index in [1.165, 1.54) is 53.7 Å². The van der Waals surface area contributed by atoms with Crippen molar-refractivity contribution < 1.29 is 113 Å². The van der Waals surface area contributed by atoms with Crippen molar-refractivity contribution in [2.75, 3.05) is 116 Å². The molecule has 12 aromatic rings. The third-order valence-electron chi connectivity index (χ3n) is 20.5. The van der Waals surface area contributed by atoms with Gasteiger partial charge in [-0.1, -0.05) is 48.7 Å². The van der Waals surface area contributed by atoms with Gasteiger partial charge in [-0.15, -0.1) is 36.0 Å². The van der Waals surface area contributed by atoms with Crippen LogP contribution in [-0.4, -0.2) is 206 Å². The number of aromatic nitrogens is 12. The summed E-state index contributed by atoms with van der Waals surface area (Å²) in [6.45, 7) is 26.4. The van der Waals surface area contributed by atoms with Crippen LogP contribution in [-0.2, 0) is 131 Å². The van der Waals surface area contributed by atoms with Crippen LogP contribution < -0.4 is 16.0 Å². The zero-order valence-electron chi connectivity index (χ0n) is 67.0. The maximum atomic E-state index is 13.0. The third kappa shape index (κ3) is 24.4. The summed E-state index contributed by atoms with van der Waals surface area (Å²) in [5.74, 6) is 19.0. The van der Waals surface area contributed by atoms with Gasteiger partial charge in [0.25, 0.3) is 0 Å². The average Bonchev–Trinajstić information content (AvgIpc) is 1.66. The topological polar surface area (TPSA) is 236 Å². The molecule has 3 amide bonds. The fourth-order valence-electron chi connectivity index (χ4n) is 13.5. The number of nitrogens with one attached hydrogen (secondary N) is 3. The van der Waals surface area contributed by atoms with Gasteiger partial charge in [0, 0.05) is 220 Å². The molecule has 0 atom stereocenters. The number of piperazine rings is 3. The molecule has 12 heterocycles. The predicted molar refractivity (Wildman–Crippen MR) is 437 cm³/mol. The smallest absolute Gasteiger partial charge is 0.238 e. The van der Waals surface area contributed by atoms with Crippen molar-refractivity contribution in [2.24, 2.45) is 11.8 Å². The van der Waals surface area contributed by atoms with E-state index in [1.807, 2.05) is 72.8 Å². The summed E-state index contributed by atoms with van der Waals surface area (Å²) in [4.78, 5) is 78.8. The Kier molecular flexibility index (Phi) is 31.8. The SMILES string of the molecule is Cc1cc(NC(=O)c2cn[c-]c(C#Cc3cnc4ccc(CC(C)C)nn34)c2)ccc1CN1CCN(C)CC1.Cc1cc(NC(=O)c2cn[c-]c(C#Cc3cnc4ccc(CC5CC5)nn34)c2)ccc1CN1CCN(C)CC1.Cc1cc(NC(=O)c2cn[c-]c(C#Cc3cnc4cccnn34)c2)ccc1CN1CCN(C)CC1.[Y].[Y].[Y]. The van der Waals surface area contributed by atoms with Gasteiger partial charge in [-0.2, -0.15) is 33.1 Å². The Hall–Kier alpha value is -8.87. The fraction of sp³-hybridized carbons (Fsp3) is 0.326. The first kappa shape index (κ1) is 88.0. The summed E-state index contributed by atoms with van der Waals surface area (Å²) >= 11 is 0. The van der Waals surface area contributed by atoms with Gasteiger partial charge in [0.15, 0.2) is 16.9 Å². The van der Waals surface area contributed by atoms with Crippen molar-refractivity contribution in [1.29, 1.82) is 0 Å². The number of hydrogen-bond acceptors (Lipinski definition) is 18. The zero-order valence-corrected chi connectivity index (χ0v) is 75.5. The largest absolute Gasteiger partial charge is 0.359 e. The number of rotatable bonds is 16. The Morgan fingerprint density at radius 3 is 1.15 bits per heavy atom. The molecule has 1 saturated carbocycles. The Bertz CT molecular complexity index is 5420. The molecule has 4 aliphatic rings. The van der Waals surface area contributed by atoms with Crippen LogP contribution in [0, 0.1) is 86.7 Å². The van der Waals surface area contributed by atoms with Crippen molar-refractivity contribution in [2.45, 2.75) is 79.9 Å². The van der Waals surface area contributed by atoms with Crippen LogP contribution in [0.2, 0.25) is 0 Å². The molecule has 16 rings (SSSR count). The number of fused-ring (bicyclic) bond motifs is 3. The number of pyridine rings is 3. The minimum Gasteiger partial charge on any atom is -0.359 e. The summed E-state index contributed by atoms with van der Waals surface area (Å²) in [6.07, 6.45) is 24.3. The molecule has 9 aromatic heterocycles. The quantitative estimate of drug-likeness (QED) is 0.0602. The first-order chi connectivity index (χ1) is 54.9. The number of benzene rings is 3. The summed E-state index contributed by atoms with van der Waals surface area (Å²) in [7, 11) is 6.49. The molecule has 3 N–H and O–H groups in total. The summed E-state index contributed by atoms with van der Waals surface area (Å²) < 4.78 is 5.20. The van der Waals surface area contributed by atoms with Crippen molar-refractivity contribution in [3.8, 4) is 35.5 Å². The van der Waals surface area contributed by atoms with E-state index in [9.17, 15) is 14.4 Å². The van der Waals surface area contributed by atoms with Gasteiger partial charge >= 0.3 is 0 Å². The molecule has 3 aromatic carbocycles. The predicted octanol–water partition coefficient (Wildman–Crippen LogP) is 10.0. The number of nitrogens with zero attached hydrogens (tertiary/aromatic N) is 18. The Morgan fingerprint density at radius 1 is 0.431 bits per heavy atom. The number of imidazole rings is 3. The van der Waals surface area contributed by atoms with Crippen LogP contribution in [0.4, 0.5) is 17.1 Å². The van der Waals surface area contributed by atoms with E-state index in [0.29, 0.717) is 56.4 Å². The van der Waals surface area contributed by atoms with E-state index < -0.39 is 0 Å². The minimum atomic E-state index is -0.239. The summed E-state index contributed by atoms with van der Waals surface area (Å²) in [6, 6.07) is 35.0. The minimum absolute atomic E-state index is 0. The second-order valence-electron chi connectivity index (χ2n) is 30.1. The maximum Gasteiger partial charge on any atom is 0.238 e. The van der Waals surface area contributed by atoms with Crippen LogP contribution >= 0.6 is 0 Å². The van der Waals surface area contributed by atoms with Gasteiger partial charge in [-0.05, 0) is 239 Å². The zero-order chi connectivity index (χ0) is 78.3. The molecule has 3 aliphatic heterocycles. The molecule has 1 aliphatic carbocycles. The number of hydrogen-bond donors (Lipinski definition) is 3. The normalized spacial score (nSPS) is 14.6. The molecule has 116 heavy (non-hydrogen) atoms. The van der Waals surface area contributed by atoms with Gasteiger partial charge in [0.2, 0.25) is 17.7 Å². The number of likely N-dealkylation sites (N-methyl/N-ethyl adjacent to an activating group) is 3. The molecule has 4 fully saturated rings. The molecular weight excluding hydrogens is 1680 g/mol. The summed E-state index contributed by atoms with van der Waals surface area (Å²) in [5, 5.41) is 22.6. The van der Waals surface area contributed by atoms with Crippen LogP contribution in [0.25, 0.3) is 16.9 Å². The van der Waals surface area contributed by atoms with Crippen LogP contribution in [0.3, 0.4) is 0 Å². The molecular formula is C89H92N21O3Y3-3. The van der Waals surface area contributed by atoms with Crippen LogP contribution in [0.15, 0.2) is 153 Å². The third-order valence-corrected chi connectivity index (χ3v) is 20.5. The molecule has 0 unspecified atom stereocenters. The standard InChI is InChI=1S/C31H32N7O.C31H34N7O.C27H26N7O.3Y/c1-22-15-27(7-6-25(22)21-37-13-11-36(2)12-14-37)34-31(39)26-16-24(18-32-19-26)5-9-29-20-33-30-10-8-28(35-38(29)30)17-23-3-4-23;1-22(2)15-28-8-10-30-33-20-29(38(30)35-28)9-5-24-17-26(19-32-18-24)31(39)34-27-7-6-25(23(3)16-27)21-37-13-11-36(4)12-14-37;1-20-14-24(7-6-22(20)19-33-12-10-32(2)11-13-33)31-27(35)23-15-21(16-28-17-23)5-8-25-18-29-26-4-3-9-30-34(25)26;;;/h6-8,10,15-16,19-20,23H,3-4,11-14,17,21H2,1-2H3,(H,34,39);6-8,10,16-17,19-20,22H,11-15,21H2,1-4H3,(H,34,39);3-4,6-7,9,14-15,17-18H,10-13,19H2,1-2H3,(H,31,35);;;/q3*-1;;;. The number of aryl methyl sites for hydroxylation is 3. The fourth-order valence-corrected chi connectivity index (χ4v) is 13.5. The molecule has 3 radical (unpaired) electrons. The van der Waals surface area contributed by atoms with E-state index in [1.54, 1.807) is 56.5 Å². The van der Waals surface area contributed by atoms with Gasteiger partial charge in [0.05, 0.1) is 30.0 Å². The number of amides is 3. The van der Waals surface area contributed by atoms with E-state index in [0.717, 1.165) is 173 Å². The molecule has 3 saturated heterocycles. The Balaban J connectivity index is 0.000000169. The van der Waals surface area contributed by atoms with E-state index in [4.69, 9.17) is 5.10 Å². The Morgan fingerprint density at radius 2 is 0.784 bits per heavy atom. The second kappa shape index (κ2) is 42.0. The molecule has 24 nitrogen and oxygen atoms in total. The first-order valence-corrected chi connectivity index (χ1v) is 38.5. The maximum absolute atomic E-state index is 13.0. The monoisotopic (exact) mass is 1770 g/mol. The summed E-state index contributed by atoms with van der Waals surface area (Å²) in [5.41, 5.74) is 18.8. The van der Waals surface area contributed by atoms with Crippen molar-refractivity contribution >= 4 is 51.7 Å². The van der Waals surface area contributed by atoms with E-state index in [2.05, 4.69) is 214 Å². The number of carbonyl (C=O) groups is 3. The first-order valence-electron chi connectivity index (χ1n) is 38.5. The molecule has 27 heteroatoms. The van der Waals surface area contributed by atoms with Crippen molar-refractivity contribution in [1.82, 2.24) is 88.1 Å². The van der Waals surface area contributed by atoms with E-state index >= 15 is 0 Å². The van der Waals surface area contributed by atoms with Gasteiger partial charge in [-0.25, -0.2) is 28.5 Å². The number of carbonyl (C=O) groups excluding carboxylic acids is 3. The molecule has 583 valence electrons. The van der Waals surface area contributed by atoms with Gasteiger partial charge < -0.3 is 45.6 Å². The number of anilines is 3. The van der Waals surface area contributed by atoms with Crippen LogP contribution in [0.5, 0.6) is 0 Å². The van der Waals surface area contributed by atoms with Gasteiger partial charge in [-0.3, -0.25) is 29.1 Å².